The first-order chi connectivity index (χ1) is 7.66. The summed E-state index contributed by atoms with van der Waals surface area (Å²) in [6, 6.07) is 7.72. The van der Waals surface area contributed by atoms with Crippen LogP contribution in [0.2, 0.25) is 0 Å². The van der Waals surface area contributed by atoms with Crippen molar-refractivity contribution in [2.24, 2.45) is 5.73 Å². The summed E-state index contributed by atoms with van der Waals surface area (Å²) >= 11 is 0. The van der Waals surface area contributed by atoms with Crippen molar-refractivity contribution in [1.29, 1.82) is 0 Å². The molecule has 0 aliphatic rings. The van der Waals surface area contributed by atoms with E-state index < -0.39 is 0 Å². The van der Waals surface area contributed by atoms with Crippen LogP contribution in [0.4, 0.5) is 4.39 Å². The molecule has 0 bridgehead atoms. The van der Waals surface area contributed by atoms with Crippen molar-refractivity contribution in [3.8, 4) is 0 Å². The lowest BCUT2D eigenvalue weighted by molar-refractivity contribution is -0.119. The molecule has 0 heterocycles. The van der Waals surface area contributed by atoms with Gasteiger partial charge in [-0.05, 0) is 37.3 Å². The van der Waals surface area contributed by atoms with Gasteiger partial charge in [-0.3, -0.25) is 9.18 Å². The molecule has 2 nitrogen and oxygen atoms in total. The van der Waals surface area contributed by atoms with Gasteiger partial charge in [0.05, 0.1) is 12.6 Å². The molecule has 3 heteroatoms. The molecule has 1 rings (SSSR count). The second-order valence-corrected chi connectivity index (χ2v) is 3.97. The van der Waals surface area contributed by atoms with E-state index in [0.29, 0.717) is 6.42 Å². The second kappa shape index (κ2) is 6.26. The molecule has 0 aliphatic carbocycles. The Labute approximate surface area is 95.7 Å². The van der Waals surface area contributed by atoms with Crippen LogP contribution in [-0.4, -0.2) is 12.6 Å². The number of hydrogen-bond acceptors (Lipinski definition) is 1. The van der Waals surface area contributed by atoms with Crippen LogP contribution in [0.5, 0.6) is 0 Å². The first-order valence-electron chi connectivity index (χ1n) is 5.60. The molecule has 0 aromatic heterocycles. The number of halogens is 1. The maximum Gasteiger partial charge on any atom is 0.224 e. The Kier molecular flexibility index (Phi) is 4.96. The molecular weight excluding hydrogens is 205 g/mol. The highest BCUT2D eigenvalue weighted by Gasteiger charge is 2.14. The minimum absolute atomic E-state index is 0.276. The van der Waals surface area contributed by atoms with E-state index in [9.17, 15) is 9.18 Å². The van der Waals surface area contributed by atoms with Gasteiger partial charge in [-0.2, -0.15) is 0 Å². The van der Waals surface area contributed by atoms with Crippen LogP contribution in [0.1, 0.15) is 36.8 Å². The summed E-state index contributed by atoms with van der Waals surface area (Å²) in [6.45, 7) is 1.52. The number of carbonyl (C=O) groups excluding carboxylic acids is 1. The quantitative estimate of drug-likeness (QED) is 0.740. The molecule has 0 fully saturated rings. The van der Waals surface area contributed by atoms with Gasteiger partial charge in [0.15, 0.2) is 0 Å². The smallest absolute Gasteiger partial charge is 0.224 e. The highest BCUT2D eigenvalue weighted by atomic mass is 19.1. The predicted octanol–water partition coefficient (Wildman–Crippen LogP) is 2.57. The molecule has 0 radical (unpaired) electrons. The molecule has 1 aromatic carbocycles. The van der Waals surface area contributed by atoms with Crippen molar-refractivity contribution >= 4 is 5.91 Å². The lowest BCUT2D eigenvalue weighted by Crippen LogP contribution is -2.19. The third kappa shape index (κ3) is 3.33. The van der Waals surface area contributed by atoms with Crippen LogP contribution >= 0.6 is 0 Å². The van der Waals surface area contributed by atoms with E-state index in [2.05, 4.69) is 0 Å². The van der Waals surface area contributed by atoms with E-state index in [1.807, 2.05) is 24.3 Å². The number of rotatable bonds is 6. The van der Waals surface area contributed by atoms with E-state index in [1.165, 1.54) is 0 Å². The molecule has 1 unspecified atom stereocenters. The Morgan fingerprint density at radius 2 is 2.06 bits per heavy atom. The predicted molar refractivity (Wildman–Crippen MR) is 63.0 cm³/mol. The Morgan fingerprint density at radius 3 is 2.69 bits per heavy atom. The second-order valence-electron chi connectivity index (χ2n) is 3.97. The van der Waals surface area contributed by atoms with E-state index in [-0.39, 0.29) is 18.5 Å². The number of aryl methyl sites for hydroxylation is 1. The van der Waals surface area contributed by atoms with E-state index >= 15 is 0 Å². The zero-order chi connectivity index (χ0) is 12.0. The number of benzene rings is 1. The lowest BCUT2D eigenvalue weighted by atomic mass is 9.92. The minimum Gasteiger partial charge on any atom is -0.369 e. The minimum atomic E-state index is -0.321. The van der Waals surface area contributed by atoms with Gasteiger partial charge in [0.1, 0.15) is 0 Å². The Bertz CT molecular complexity index is 352. The van der Waals surface area contributed by atoms with E-state index in [0.717, 1.165) is 24.0 Å². The fourth-order valence-electron chi connectivity index (χ4n) is 1.75. The number of hydrogen-bond donors (Lipinski definition) is 1. The summed E-state index contributed by atoms with van der Waals surface area (Å²) in [4.78, 5) is 11.1. The van der Waals surface area contributed by atoms with Gasteiger partial charge >= 0.3 is 0 Å². The monoisotopic (exact) mass is 223 g/mol. The van der Waals surface area contributed by atoms with Gasteiger partial charge < -0.3 is 5.73 Å². The average Bonchev–Trinajstić information content (AvgIpc) is 2.29. The van der Waals surface area contributed by atoms with Gasteiger partial charge in [-0.15, -0.1) is 0 Å². The van der Waals surface area contributed by atoms with Gasteiger partial charge in [-0.25, -0.2) is 0 Å². The summed E-state index contributed by atoms with van der Waals surface area (Å²) in [5.74, 6) is -0.598. The Morgan fingerprint density at radius 1 is 1.38 bits per heavy atom. The van der Waals surface area contributed by atoms with Crippen LogP contribution < -0.4 is 5.73 Å². The fourth-order valence-corrected chi connectivity index (χ4v) is 1.75. The normalized spacial score (nSPS) is 12.4. The van der Waals surface area contributed by atoms with E-state index in [4.69, 9.17) is 5.73 Å². The molecule has 2 N–H and O–H groups in total. The topological polar surface area (TPSA) is 43.1 Å². The van der Waals surface area contributed by atoms with Gasteiger partial charge in [0.2, 0.25) is 5.91 Å². The molecule has 88 valence electrons. The lowest BCUT2D eigenvalue weighted by Gasteiger charge is -2.13. The Hall–Kier alpha value is -1.38. The fraction of sp³-hybridized carbons (Fsp3) is 0.462. The molecule has 0 saturated carbocycles. The molecule has 1 amide bonds. The van der Waals surface area contributed by atoms with Crippen molar-refractivity contribution in [3.63, 3.8) is 0 Å². The van der Waals surface area contributed by atoms with Gasteiger partial charge in [-0.1, -0.05) is 24.3 Å². The highest BCUT2D eigenvalue weighted by molar-refractivity contribution is 5.81. The zero-order valence-corrected chi connectivity index (χ0v) is 9.58. The summed E-state index contributed by atoms with van der Waals surface area (Å²) in [6.07, 6.45) is 2.18. The SMILES string of the molecule is CC(C(N)=O)c1ccccc1CCCCF. The van der Waals surface area contributed by atoms with Crippen molar-refractivity contribution < 1.29 is 9.18 Å². The third-order valence-electron chi connectivity index (χ3n) is 2.78. The number of carbonyl (C=O) groups is 1. The third-order valence-corrected chi connectivity index (χ3v) is 2.78. The first kappa shape index (κ1) is 12.7. The number of unbranched alkanes of at least 4 members (excludes halogenated alkanes) is 1. The number of nitrogens with two attached hydrogens (primary N) is 1. The number of primary amides is 1. The highest BCUT2D eigenvalue weighted by Crippen LogP contribution is 2.21. The van der Waals surface area contributed by atoms with Crippen molar-refractivity contribution in [2.75, 3.05) is 6.67 Å². The Balaban J connectivity index is 2.79. The number of amides is 1. The molecule has 0 saturated heterocycles. The maximum atomic E-state index is 12.0. The average molecular weight is 223 g/mol. The van der Waals surface area contributed by atoms with Gasteiger partial charge in [0.25, 0.3) is 0 Å². The van der Waals surface area contributed by atoms with Crippen molar-refractivity contribution in [3.05, 3.63) is 35.4 Å². The summed E-state index contributed by atoms with van der Waals surface area (Å²) in [7, 11) is 0. The van der Waals surface area contributed by atoms with Crippen LogP contribution in [0.3, 0.4) is 0 Å². The molecule has 16 heavy (non-hydrogen) atoms. The maximum absolute atomic E-state index is 12.0. The van der Waals surface area contributed by atoms with E-state index in [1.54, 1.807) is 6.92 Å². The molecular formula is C13H18FNO. The molecule has 1 aromatic rings. The van der Waals surface area contributed by atoms with Crippen molar-refractivity contribution in [1.82, 2.24) is 0 Å². The zero-order valence-electron chi connectivity index (χ0n) is 9.58. The molecule has 0 aliphatic heterocycles. The summed E-state index contributed by atoms with van der Waals surface area (Å²) in [5.41, 5.74) is 7.36. The van der Waals surface area contributed by atoms with Crippen LogP contribution in [0.15, 0.2) is 24.3 Å². The van der Waals surface area contributed by atoms with Crippen LogP contribution in [0.25, 0.3) is 0 Å². The standard InChI is InChI=1S/C13H18FNO/c1-10(13(15)16)12-8-3-2-6-11(12)7-4-5-9-14/h2-3,6,8,10H,4-5,7,9H2,1H3,(H2,15,16). The van der Waals surface area contributed by atoms with Crippen LogP contribution in [-0.2, 0) is 11.2 Å². The van der Waals surface area contributed by atoms with Crippen LogP contribution in [0, 0.1) is 0 Å². The first-order valence-corrected chi connectivity index (χ1v) is 5.60. The summed E-state index contributed by atoms with van der Waals surface area (Å²) < 4.78 is 12.0. The molecule has 1 atom stereocenters. The molecule has 0 spiro atoms. The van der Waals surface area contributed by atoms with Crippen molar-refractivity contribution in [2.45, 2.75) is 32.1 Å². The van der Waals surface area contributed by atoms with Gasteiger partial charge in [0, 0.05) is 0 Å². The largest absolute Gasteiger partial charge is 0.369 e. The summed E-state index contributed by atoms with van der Waals surface area (Å²) in [5, 5.41) is 0. The number of alkyl halides is 1.